The van der Waals surface area contributed by atoms with E-state index in [1.54, 1.807) is 54.6 Å². The molecule has 1 fully saturated rings. The normalized spacial score (nSPS) is 16.3. The van der Waals surface area contributed by atoms with E-state index in [9.17, 15) is 14.7 Å². The number of aryl methyl sites for hydroxylation is 1. The lowest BCUT2D eigenvalue weighted by Gasteiger charge is -2.25. The average Bonchev–Trinajstić information content (AvgIpc) is 3.58. The Morgan fingerprint density at radius 1 is 0.925 bits per heavy atom. The summed E-state index contributed by atoms with van der Waals surface area (Å²) in [5, 5.41) is 11.4. The molecule has 1 aromatic heterocycles. The fourth-order valence-electron chi connectivity index (χ4n) is 4.82. The van der Waals surface area contributed by atoms with Crippen molar-refractivity contribution < 1.29 is 33.3 Å². The van der Waals surface area contributed by atoms with Crippen molar-refractivity contribution in [2.45, 2.75) is 26.1 Å². The number of hydrogen-bond acceptors (Lipinski definition) is 7. The molecular formula is C32H29NO7. The lowest BCUT2D eigenvalue weighted by Crippen LogP contribution is -2.29. The molecule has 4 aromatic rings. The lowest BCUT2D eigenvalue weighted by molar-refractivity contribution is -0.140. The molecule has 0 spiro atoms. The van der Waals surface area contributed by atoms with Crippen molar-refractivity contribution in [2.24, 2.45) is 0 Å². The summed E-state index contributed by atoms with van der Waals surface area (Å²) in [7, 11) is 3.03. The zero-order valence-electron chi connectivity index (χ0n) is 22.4. The Balaban J connectivity index is 1.50. The van der Waals surface area contributed by atoms with E-state index >= 15 is 0 Å². The molecule has 1 unspecified atom stereocenters. The molecule has 40 heavy (non-hydrogen) atoms. The topological polar surface area (TPSA) is 98.4 Å². The highest BCUT2D eigenvalue weighted by Gasteiger charge is 2.46. The Hall–Kier alpha value is -4.98. The SMILES string of the molecule is COc1ccc(C2/C(=C(/O)c3ccc(OCc4cccc(C)c4)cc3)C(=O)C(=O)N2Cc2ccco2)cc1OC. The number of amides is 1. The maximum atomic E-state index is 13.4. The number of ether oxygens (including phenoxy) is 3. The minimum atomic E-state index is -0.887. The number of nitrogens with zero attached hydrogens (tertiary/aromatic N) is 1. The standard InChI is InChI=1S/C32H29NO7/c1-20-6-4-7-21(16-20)19-40-24-12-9-22(10-13-24)30(34)28-29(23-11-14-26(37-2)27(17-23)38-3)33(32(36)31(28)35)18-25-8-5-15-39-25/h4-17,29,34H,18-19H2,1-3H3/b30-28-. The molecule has 1 atom stereocenters. The molecule has 0 bridgehead atoms. The van der Waals surface area contributed by atoms with Crippen LogP contribution in [0.2, 0.25) is 0 Å². The summed E-state index contributed by atoms with van der Waals surface area (Å²) in [5.74, 6) is 0.217. The second-order valence-electron chi connectivity index (χ2n) is 9.42. The molecule has 3 aromatic carbocycles. The Morgan fingerprint density at radius 2 is 1.70 bits per heavy atom. The highest BCUT2D eigenvalue weighted by molar-refractivity contribution is 6.46. The van der Waals surface area contributed by atoms with Crippen LogP contribution >= 0.6 is 0 Å². The van der Waals surface area contributed by atoms with Gasteiger partial charge in [-0.25, -0.2) is 0 Å². The number of benzene rings is 3. The summed E-state index contributed by atoms with van der Waals surface area (Å²) < 4.78 is 22.2. The van der Waals surface area contributed by atoms with E-state index in [-0.39, 0.29) is 17.9 Å². The molecule has 1 aliphatic rings. The van der Waals surface area contributed by atoms with Gasteiger partial charge in [-0.3, -0.25) is 9.59 Å². The number of Topliss-reactive ketones (excluding diaryl/α,β-unsaturated/α-hetero) is 1. The summed E-state index contributed by atoms with van der Waals surface area (Å²) in [4.78, 5) is 28.0. The van der Waals surface area contributed by atoms with Gasteiger partial charge in [0.2, 0.25) is 0 Å². The largest absolute Gasteiger partial charge is 0.507 e. The first-order valence-electron chi connectivity index (χ1n) is 12.7. The molecule has 1 N–H and O–H groups in total. The number of furan rings is 1. The van der Waals surface area contributed by atoms with Crippen LogP contribution in [-0.4, -0.2) is 35.9 Å². The fourth-order valence-corrected chi connectivity index (χ4v) is 4.82. The molecule has 1 saturated heterocycles. The van der Waals surface area contributed by atoms with E-state index in [1.165, 1.54) is 25.4 Å². The Labute approximate surface area is 232 Å². The van der Waals surface area contributed by atoms with Crippen molar-refractivity contribution in [3.63, 3.8) is 0 Å². The second kappa shape index (κ2) is 11.4. The summed E-state index contributed by atoms with van der Waals surface area (Å²) in [6, 6.07) is 22.5. The molecule has 1 aliphatic heterocycles. The van der Waals surface area contributed by atoms with Gasteiger partial charge in [-0.1, -0.05) is 35.9 Å². The molecule has 0 aliphatic carbocycles. The van der Waals surface area contributed by atoms with E-state index < -0.39 is 17.7 Å². The third-order valence-corrected chi connectivity index (χ3v) is 6.79. The third kappa shape index (κ3) is 5.29. The van der Waals surface area contributed by atoms with E-state index in [2.05, 4.69) is 6.07 Å². The maximum absolute atomic E-state index is 13.4. The van der Waals surface area contributed by atoms with Crippen LogP contribution in [0.1, 0.15) is 34.1 Å². The first-order chi connectivity index (χ1) is 19.4. The van der Waals surface area contributed by atoms with Gasteiger partial charge in [0, 0.05) is 5.56 Å². The predicted molar refractivity (Wildman–Crippen MR) is 148 cm³/mol. The number of rotatable bonds is 9. The summed E-state index contributed by atoms with van der Waals surface area (Å²) in [6.07, 6.45) is 1.50. The number of methoxy groups -OCH3 is 2. The van der Waals surface area contributed by atoms with Gasteiger partial charge in [-0.15, -0.1) is 0 Å². The number of aliphatic hydroxyl groups excluding tert-OH is 1. The first kappa shape index (κ1) is 26.6. The Kier molecular flexibility index (Phi) is 7.59. The van der Waals surface area contributed by atoms with E-state index in [0.717, 1.165) is 11.1 Å². The fraction of sp³-hybridized carbons (Fsp3) is 0.188. The van der Waals surface area contributed by atoms with Gasteiger partial charge in [-0.05, 0) is 66.6 Å². The zero-order valence-corrected chi connectivity index (χ0v) is 22.4. The number of carbonyl (C=O) groups excluding carboxylic acids is 2. The summed E-state index contributed by atoms with van der Waals surface area (Å²) in [6.45, 7) is 2.46. The Bertz CT molecular complexity index is 1550. The second-order valence-corrected chi connectivity index (χ2v) is 9.42. The monoisotopic (exact) mass is 539 g/mol. The van der Waals surface area contributed by atoms with E-state index in [0.29, 0.717) is 40.7 Å². The van der Waals surface area contributed by atoms with Crippen molar-refractivity contribution >= 4 is 17.4 Å². The van der Waals surface area contributed by atoms with Crippen LogP contribution in [0, 0.1) is 6.92 Å². The van der Waals surface area contributed by atoms with Gasteiger partial charge in [0.1, 0.15) is 23.9 Å². The van der Waals surface area contributed by atoms with Crippen LogP contribution < -0.4 is 14.2 Å². The van der Waals surface area contributed by atoms with Crippen molar-refractivity contribution in [3.8, 4) is 17.2 Å². The number of aliphatic hydroxyl groups is 1. The van der Waals surface area contributed by atoms with Gasteiger partial charge < -0.3 is 28.6 Å². The van der Waals surface area contributed by atoms with E-state index in [1.807, 2.05) is 25.1 Å². The minimum Gasteiger partial charge on any atom is -0.507 e. The maximum Gasteiger partial charge on any atom is 0.296 e. The van der Waals surface area contributed by atoms with Crippen LogP contribution in [0.5, 0.6) is 17.2 Å². The van der Waals surface area contributed by atoms with Gasteiger partial charge in [0.25, 0.3) is 11.7 Å². The first-order valence-corrected chi connectivity index (χ1v) is 12.7. The van der Waals surface area contributed by atoms with Crippen LogP contribution in [0.4, 0.5) is 0 Å². The molecule has 2 heterocycles. The molecular weight excluding hydrogens is 510 g/mol. The molecule has 8 heteroatoms. The predicted octanol–water partition coefficient (Wildman–Crippen LogP) is 5.81. The van der Waals surface area contributed by atoms with Crippen LogP contribution in [0.3, 0.4) is 0 Å². The van der Waals surface area contributed by atoms with Crippen LogP contribution in [0.25, 0.3) is 5.76 Å². The molecule has 8 nitrogen and oxygen atoms in total. The van der Waals surface area contributed by atoms with Gasteiger partial charge in [0.05, 0.1) is 38.6 Å². The lowest BCUT2D eigenvalue weighted by atomic mass is 9.95. The molecule has 204 valence electrons. The van der Waals surface area contributed by atoms with Crippen LogP contribution in [-0.2, 0) is 22.7 Å². The van der Waals surface area contributed by atoms with Gasteiger partial charge in [-0.2, -0.15) is 0 Å². The quantitative estimate of drug-likeness (QED) is 0.163. The minimum absolute atomic E-state index is 0.0304. The number of likely N-dealkylation sites (tertiary alicyclic amines) is 1. The third-order valence-electron chi connectivity index (χ3n) is 6.79. The molecule has 5 rings (SSSR count). The molecule has 1 amide bonds. The van der Waals surface area contributed by atoms with Crippen LogP contribution in [0.15, 0.2) is 95.1 Å². The summed E-state index contributed by atoms with van der Waals surface area (Å²) in [5.41, 5.74) is 3.11. The van der Waals surface area contributed by atoms with Crippen molar-refractivity contribution in [3.05, 3.63) is 119 Å². The highest BCUT2D eigenvalue weighted by atomic mass is 16.5. The highest BCUT2D eigenvalue weighted by Crippen LogP contribution is 2.42. The van der Waals surface area contributed by atoms with Crippen molar-refractivity contribution in [1.29, 1.82) is 0 Å². The Morgan fingerprint density at radius 3 is 2.38 bits per heavy atom. The number of ketones is 1. The zero-order chi connectivity index (χ0) is 28.2. The average molecular weight is 540 g/mol. The van der Waals surface area contributed by atoms with Gasteiger partial charge in [0.15, 0.2) is 11.5 Å². The van der Waals surface area contributed by atoms with Crippen molar-refractivity contribution in [1.82, 2.24) is 4.90 Å². The smallest absolute Gasteiger partial charge is 0.296 e. The molecule has 0 radical (unpaired) electrons. The van der Waals surface area contributed by atoms with E-state index in [4.69, 9.17) is 18.6 Å². The van der Waals surface area contributed by atoms with Crippen molar-refractivity contribution in [2.75, 3.05) is 14.2 Å². The molecule has 0 saturated carbocycles. The number of hydrogen-bond donors (Lipinski definition) is 1. The summed E-state index contributed by atoms with van der Waals surface area (Å²) >= 11 is 0. The van der Waals surface area contributed by atoms with Gasteiger partial charge >= 0.3 is 0 Å². The number of carbonyl (C=O) groups is 2.